The summed E-state index contributed by atoms with van der Waals surface area (Å²) in [5, 5.41) is 9.32. The minimum absolute atomic E-state index is 0.273. The molecule has 1 aromatic rings. The van der Waals surface area contributed by atoms with E-state index in [0.29, 0.717) is 13.0 Å². The van der Waals surface area contributed by atoms with Gasteiger partial charge in [0.2, 0.25) is 5.91 Å². The molecule has 1 aliphatic rings. The second kappa shape index (κ2) is 6.19. The normalized spacial score (nSPS) is 18.4. The highest BCUT2D eigenvalue weighted by molar-refractivity contribution is 5.91. The van der Waals surface area contributed by atoms with Gasteiger partial charge in [-0.25, -0.2) is 4.79 Å². The number of carboxylic acids is 1. The first-order valence-corrected chi connectivity index (χ1v) is 6.53. The van der Waals surface area contributed by atoms with E-state index in [4.69, 9.17) is 0 Å². The van der Waals surface area contributed by atoms with Crippen LogP contribution in [0.25, 0.3) is 0 Å². The number of rotatable bonds is 3. The monoisotopic (exact) mass is 271 g/mol. The number of aliphatic carboxylic acids is 1. The van der Waals surface area contributed by atoms with Gasteiger partial charge in [-0.2, -0.15) is 0 Å². The Hall–Kier alpha value is -2.36. The molecule has 0 saturated carbocycles. The van der Waals surface area contributed by atoms with Gasteiger partial charge in [0, 0.05) is 19.0 Å². The van der Waals surface area contributed by atoms with Gasteiger partial charge in [0.25, 0.3) is 0 Å². The average Bonchev–Trinajstić information content (AvgIpc) is 2.46. The van der Waals surface area contributed by atoms with Gasteiger partial charge in [-0.15, -0.1) is 0 Å². The fourth-order valence-electron chi connectivity index (χ4n) is 2.32. The molecule has 4 heteroatoms. The van der Waals surface area contributed by atoms with Crippen molar-refractivity contribution in [2.45, 2.75) is 25.9 Å². The lowest BCUT2D eigenvalue weighted by Crippen LogP contribution is -2.48. The highest BCUT2D eigenvalue weighted by atomic mass is 16.4. The first-order chi connectivity index (χ1) is 9.63. The molecule has 1 unspecified atom stereocenters. The maximum absolute atomic E-state index is 12.1. The quantitative estimate of drug-likeness (QED) is 0.677. The lowest BCUT2D eigenvalue weighted by molar-refractivity contribution is -0.149. The first-order valence-electron chi connectivity index (χ1n) is 6.53. The Morgan fingerprint density at radius 2 is 1.95 bits per heavy atom. The molecule has 104 valence electrons. The van der Waals surface area contributed by atoms with E-state index in [2.05, 4.69) is 0 Å². The second-order valence-electron chi connectivity index (χ2n) is 4.68. The Kier molecular flexibility index (Phi) is 4.35. The first kappa shape index (κ1) is 14.1. The molecular formula is C16H17NO3. The van der Waals surface area contributed by atoms with E-state index in [-0.39, 0.29) is 5.91 Å². The Morgan fingerprint density at radius 3 is 2.60 bits per heavy atom. The van der Waals surface area contributed by atoms with E-state index in [0.717, 1.165) is 11.1 Å². The summed E-state index contributed by atoms with van der Waals surface area (Å²) in [5.74, 6) is -1.24. The van der Waals surface area contributed by atoms with E-state index in [1.807, 2.05) is 37.3 Å². The lowest BCUT2D eigenvalue weighted by atomic mass is 9.94. The summed E-state index contributed by atoms with van der Waals surface area (Å²) in [6.07, 6.45) is 6.94. The predicted octanol–water partition coefficient (Wildman–Crippen LogP) is 2.16. The molecule has 20 heavy (non-hydrogen) atoms. The van der Waals surface area contributed by atoms with Gasteiger partial charge < -0.3 is 10.0 Å². The van der Waals surface area contributed by atoms with Crippen LogP contribution >= 0.6 is 0 Å². The van der Waals surface area contributed by atoms with Crippen molar-refractivity contribution in [2.24, 2.45) is 0 Å². The molecular weight excluding hydrogens is 254 g/mol. The van der Waals surface area contributed by atoms with Gasteiger partial charge in [0.15, 0.2) is 0 Å². The zero-order valence-corrected chi connectivity index (χ0v) is 11.3. The Morgan fingerprint density at radius 1 is 1.25 bits per heavy atom. The highest BCUT2D eigenvalue weighted by Crippen LogP contribution is 2.23. The fraction of sp³-hybridized carbons (Fsp3) is 0.250. The van der Waals surface area contributed by atoms with Crippen molar-refractivity contribution in [1.29, 1.82) is 0 Å². The van der Waals surface area contributed by atoms with Crippen LogP contribution in [0.3, 0.4) is 0 Å². The third kappa shape index (κ3) is 2.96. The van der Waals surface area contributed by atoms with Crippen molar-refractivity contribution < 1.29 is 14.7 Å². The Bertz CT molecular complexity index is 575. The molecule has 4 nitrogen and oxygen atoms in total. The minimum Gasteiger partial charge on any atom is -0.480 e. The number of hydrogen-bond acceptors (Lipinski definition) is 2. The molecule has 1 amide bonds. The molecule has 0 aromatic heterocycles. The standard InChI is InChI=1S/C16H17NO3/c1-2-3-4-9-15(18)17-11-13-8-6-5-7-12(13)10-14(17)16(19)20/h2-9,14H,10-11H2,1H3,(H,19,20)/b3-2+,9-4+. The molecule has 1 aliphatic heterocycles. The van der Waals surface area contributed by atoms with Gasteiger partial charge in [0.05, 0.1) is 0 Å². The zero-order chi connectivity index (χ0) is 14.5. The average molecular weight is 271 g/mol. The van der Waals surface area contributed by atoms with Crippen LogP contribution in [-0.4, -0.2) is 27.9 Å². The Balaban J connectivity index is 2.26. The molecule has 0 radical (unpaired) electrons. The summed E-state index contributed by atoms with van der Waals surface area (Å²) >= 11 is 0. The molecule has 0 fully saturated rings. The summed E-state index contributed by atoms with van der Waals surface area (Å²) in [5.41, 5.74) is 2.01. The van der Waals surface area contributed by atoms with Crippen molar-refractivity contribution in [3.05, 3.63) is 59.7 Å². The number of carbonyl (C=O) groups excluding carboxylic acids is 1. The number of benzene rings is 1. The number of carbonyl (C=O) groups is 2. The molecule has 0 bridgehead atoms. The van der Waals surface area contributed by atoms with Crippen molar-refractivity contribution in [2.75, 3.05) is 0 Å². The largest absolute Gasteiger partial charge is 0.480 e. The van der Waals surface area contributed by atoms with Crippen LogP contribution < -0.4 is 0 Å². The van der Waals surface area contributed by atoms with E-state index in [1.54, 1.807) is 12.2 Å². The summed E-state index contributed by atoms with van der Waals surface area (Å²) in [6.45, 7) is 2.19. The van der Waals surface area contributed by atoms with E-state index >= 15 is 0 Å². The van der Waals surface area contributed by atoms with Crippen molar-refractivity contribution >= 4 is 11.9 Å². The van der Waals surface area contributed by atoms with Crippen LogP contribution in [0.4, 0.5) is 0 Å². The third-order valence-electron chi connectivity index (χ3n) is 3.36. The SMILES string of the molecule is C/C=C/C=C/C(=O)N1Cc2ccccc2CC1C(=O)O. The van der Waals surface area contributed by atoms with Crippen molar-refractivity contribution in [1.82, 2.24) is 4.90 Å². The van der Waals surface area contributed by atoms with Crippen LogP contribution in [0.5, 0.6) is 0 Å². The van der Waals surface area contributed by atoms with Crippen LogP contribution in [0, 0.1) is 0 Å². The molecule has 1 aromatic carbocycles. The van der Waals surface area contributed by atoms with E-state index < -0.39 is 12.0 Å². The summed E-state index contributed by atoms with van der Waals surface area (Å²) in [6, 6.07) is 6.85. The van der Waals surface area contributed by atoms with Crippen LogP contribution in [-0.2, 0) is 22.6 Å². The summed E-state index contributed by atoms with van der Waals surface area (Å²) in [7, 11) is 0. The van der Waals surface area contributed by atoms with Gasteiger partial charge in [-0.3, -0.25) is 4.79 Å². The van der Waals surface area contributed by atoms with Crippen LogP contribution in [0.1, 0.15) is 18.1 Å². The molecule has 0 aliphatic carbocycles. The molecule has 2 rings (SSSR count). The maximum Gasteiger partial charge on any atom is 0.326 e. The van der Waals surface area contributed by atoms with Gasteiger partial charge >= 0.3 is 5.97 Å². The zero-order valence-electron chi connectivity index (χ0n) is 11.3. The van der Waals surface area contributed by atoms with Gasteiger partial charge in [-0.1, -0.05) is 42.5 Å². The molecule has 1 atom stereocenters. The van der Waals surface area contributed by atoms with Crippen molar-refractivity contribution in [3.63, 3.8) is 0 Å². The molecule has 0 spiro atoms. The molecule has 1 heterocycles. The predicted molar refractivity (Wildman–Crippen MR) is 76.1 cm³/mol. The fourth-order valence-corrected chi connectivity index (χ4v) is 2.32. The number of hydrogen-bond donors (Lipinski definition) is 1. The number of carboxylic acid groups (broad SMARTS) is 1. The topological polar surface area (TPSA) is 57.6 Å². The second-order valence-corrected chi connectivity index (χ2v) is 4.68. The number of amides is 1. The number of allylic oxidation sites excluding steroid dienone is 3. The molecule has 1 N–H and O–H groups in total. The van der Waals surface area contributed by atoms with Gasteiger partial charge in [-0.05, 0) is 18.1 Å². The van der Waals surface area contributed by atoms with Crippen LogP contribution in [0.2, 0.25) is 0 Å². The number of fused-ring (bicyclic) bond motifs is 1. The lowest BCUT2D eigenvalue weighted by Gasteiger charge is -2.33. The summed E-state index contributed by atoms with van der Waals surface area (Å²) < 4.78 is 0. The Labute approximate surface area is 118 Å². The number of nitrogens with zero attached hydrogens (tertiary/aromatic N) is 1. The van der Waals surface area contributed by atoms with E-state index in [1.165, 1.54) is 11.0 Å². The smallest absolute Gasteiger partial charge is 0.326 e. The van der Waals surface area contributed by atoms with Crippen LogP contribution in [0.15, 0.2) is 48.6 Å². The summed E-state index contributed by atoms with van der Waals surface area (Å²) in [4.78, 5) is 24.9. The third-order valence-corrected chi connectivity index (χ3v) is 3.36. The maximum atomic E-state index is 12.1. The highest BCUT2D eigenvalue weighted by Gasteiger charge is 2.33. The van der Waals surface area contributed by atoms with Crippen molar-refractivity contribution in [3.8, 4) is 0 Å². The molecule has 0 saturated heterocycles. The van der Waals surface area contributed by atoms with Gasteiger partial charge in [0.1, 0.15) is 6.04 Å². The van der Waals surface area contributed by atoms with E-state index in [9.17, 15) is 14.7 Å². The minimum atomic E-state index is -0.965.